The lowest BCUT2D eigenvalue weighted by Gasteiger charge is -2.04. The van der Waals surface area contributed by atoms with E-state index in [0.717, 1.165) is 5.52 Å². The van der Waals surface area contributed by atoms with Gasteiger partial charge in [0, 0.05) is 0 Å². The molecule has 16 heavy (non-hydrogen) atoms. The number of fused-ring (bicyclic) bond motifs is 1. The van der Waals surface area contributed by atoms with Crippen LogP contribution in [0, 0.1) is 0 Å². The van der Waals surface area contributed by atoms with Gasteiger partial charge >= 0.3 is 5.97 Å². The summed E-state index contributed by atoms with van der Waals surface area (Å²) in [5.74, 6) is -0.620. The van der Waals surface area contributed by atoms with E-state index in [0.29, 0.717) is 11.5 Å². The van der Waals surface area contributed by atoms with Crippen LogP contribution in [-0.2, 0) is 16.1 Å². The second-order valence-electron chi connectivity index (χ2n) is 3.37. The van der Waals surface area contributed by atoms with E-state index in [2.05, 4.69) is 4.98 Å². The zero-order valence-electron chi connectivity index (χ0n) is 8.71. The van der Waals surface area contributed by atoms with Crippen molar-refractivity contribution in [2.24, 2.45) is 0 Å². The van der Waals surface area contributed by atoms with Crippen LogP contribution in [0.25, 0.3) is 11.1 Å². The van der Waals surface area contributed by atoms with Gasteiger partial charge < -0.3 is 14.3 Å². The summed E-state index contributed by atoms with van der Waals surface area (Å²) in [6.45, 7) is 1.52. The summed E-state index contributed by atoms with van der Waals surface area (Å²) in [5.41, 5.74) is 1.41. The number of carbonyl (C=O) groups is 1. The van der Waals surface area contributed by atoms with Crippen molar-refractivity contribution in [1.29, 1.82) is 0 Å². The van der Waals surface area contributed by atoms with E-state index in [9.17, 15) is 4.79 Å². The largest absolute Gasteiger partial charge is 0.479 e. The molecule has 1 aromatic heterocycles. The van der Waals surface area contributed by atoms with E-state index in [4.69, 9.17) is 14.3 Å². The van der Waals surface area contributed by atoms with Gasteiger partial charge in [-0.2, -0.15) is 0 Å². The molecule has 0 bridgehead atoms. The van der Waals surface area contributed by atoms with E-state index in [1.165, 1.54) is 6.92 Å². The molecule has 0 aliphatic rings. The summed E-state index contributed by atoms with van der Waals surface area (Å²) in [5, 5.41) is 8.62. The number of hydrogen-bond donors (Lipinski definition) is 1. The number of aliphatic carboxylic acids is 1. The molecule has 0 fully saturated rings. The first kappa shape index (κ1) is 10.6. The van der Waals surface area contributed by atoms with Crippen molar-refractivity contribution in [2.45, 2.75) is 19.6 Å². The van der Waals surface area contributed by atoms with Crippen LogP contribution in [0.5, 0.6) is 0 Å². The van der Waals surface area contributed by atoms with Crippen molar-refractivity contribution in [1.82, 2.24) is 4.98 Å². The van der Waals surface area contributed by atoms with Crippen molar-refractivity contribution < 1.29 is 19.1 Å². The lowest BCUT2D eigenvalue weighted by atomic mass is 10.3. The molecule has 1 unspecified atom stereocenters. The van der Waals surface area contributed by atoms with E-state index < -0.39 is 12.1 Å². The number of para-hydroxylation sites is 2. The van der Waals surface area contributed by atoms with Gasteiger partial charge in [-0.15, -0.1) is 0 Å². The molecule has 0 aliphatic heterocycles. The number of ether oxygens (including phenoxy) is 1. The molecule has 1 N–H and O–H groups in total. The average Bonchev–Trinajstić information content (AvgIpc) is 2.68. The number of carboxylic acid groups (broad SMARTS) is 1. The Morgan fingerprint density at radius 1 is 1.56 bits per heavy atom. The monoisotopic (exact) mass is 221 g/mol. The van der Waals surface area contributed by atoms with Gasteiger partial charge in [-0.05, 0) is 19.1 Å². The van der Waals surface area contributed by atoms with Crippen molar-refractivity contribution in [3.63, 3.8) is 0 Å². The molecular formula is C11H11NO4. The fraction of sp³-hybridized carbons (Fsp3) is 0.273. The van der Waals surface area contributed by atoms with Crippen LogP contribution in [0.4, 0.5) is 0 Å². The molecule has 0 spiro atoms. The topological polar surface area (TPSA) is 72.6 Å². The summed E-state index contributed by atoms with van der Waals surface area (Å²) in [6, 6.07) is 7.32. The number of oxazole rings is 1. The Morgan fingerprint density at radius 2 is 2.31 bits per heavy atom. The van der Waals surface area contributed by atoms with Crippen LogP contribution in [0.3, 0.4) is 0 Å². The molecule has 0 radical (unpaired) electrons. The standard InChI is InChI=1S/C11H11NO4/c1-7(11(13)14)15-6-10-12-8-4-2-3-5-9(8)16-10/h2-5,7H,6H2,1H3,(H,13,14). The molecule has 2 aromatic rings. The van der Waals surface area contributed by atoms with Gasteiger partial charge in [0.05, 0.1) is 0 Å². The zero-order valence-corrected chi connectivity index (χ0v) is 8.71. The molecule has 0 amide bonds. The summed E-state index contributed by atoms with van der Waals surface area (Å²) in [6.07, 6.45) is -0.866. The van der Waals surface area contributed by atoms with E-state index >= 15 is 0 Å². The normalized spacial score (nSPS) is 12.8. The van der Waals surface area contributed by atoms with Crippen LogP contribution in [0.1, 0.15) is 12.8 Å². The summed E-state index contributed by atoms with van der Waals surface area (Å²) in [7, 11) is 0. The Bertz CT molecular complexity index is 472. The average molecular weight is 221 g/mol. The minimum absolute atomic E-state index is 0.0577. The van der Waals surface area contributed by atoms with Gasteiger partial charge in [0.15, 0.2) is 11.7 Å². The van der Waals surface area contributed by atoms with Crippen LogP contribution < -0.4 is 0 Å². The van der Waals surface area contributed by atoms with Crippen molar-refractivity contribution in [3.8, 4) is 0 Å². The fourth-order valence-corrected chi connectivity index (χ4v) is 1.25. The number of rotatable bonds is 4. The molecule has 1 aromatic carbocycles. The molecule has 2 rings (SSSR count). The molecule has 0 saturated carbocycles. The Hall–Kier alpha value is -1.88. The highest BCUT2D eigenvalue weighted by Gasteiger charge is 2.13. The Kier molecular flexibility index (Phi) is 2.87. The highest BCUT2D eigenvalue weighted by Crippen LogP contribution is 2.15. The molecule has 5 nitrogen and oxygen atoms in total. The molecular weight excluding hydrogens is 210 g/mol. The predicted octanol–water partition coefficient (Wildman–Crippen LogP) is 1.82. The molecule has 1 heterocycles. The van der Waals surface area contributed by atoms with Crippen molar-refractivity contribution in [3.05, 3.63) is 30.2 Å². The summed E-state index contributed by atoms with van der Waals surface area (Å²) < 4.78 is 10.4. The Balaban J connectivity index is 2.07. The van der Waals surface area contributed by atoms with E-state index in [1.54, 1.807) is 6.07 Å². The van der Waals surface area contributed by atoms with Gasteiger partial charge in [0.25, 0.3) is 0 Å². The predicted molar refractivity (Wildman–Crippen MR) is 55.9 cm³/mol. The first-order valence-corrected chi connectivity index (χ1v) is 4.85. The van der Waals surface area contributed by atoms with E-state index in [-0.39, 0.29) is 6.61 Å². The zero-order chi connectivity index (χ0) is 11.5. The second kappa shape index (κ2) is 4.32. The maximum Gasteiger partial charge on any atom is 0.332 e. The number of benzene rings is 1. The fourth-order valence-electron chi connectivity index (χ4n) is 1.25. The Morgan fingerprint density at radius 3 is 3.00 bits per heavy atom. The second-order valence-corrected chi connectivity index (χ2v) is 3.37. The van der Waals surface area contributed by atoms with Crippen molar-refractivity contribution in [2.75, 3.05) is 0 Å². The highest BCUT2D eigenvalue weighted by molar-refractivity contribution is 5.72. The minimum Gasteiger partial charge on any atom is -0.479 e. The lowest BCUT2D eigenvalue weighted by Crippen LogP contribution is -2.19. The maximum atomic E-state index is 10.5. The van der Waals surface area contributed by atoms with Crippen LogP contribution in [0.2, 0.25) is 0 Å². The number of carboxylic acids is 1. The van der Waals surface area contributed by atoms with E-state index in [1.807, 2.05) is 18.2 Å². The van der Waals surface area contributed by atoms with Crippen LogP contribution >= 0.6 is 0 Å². The first-order valence-electron chi connectivity index (χ1n) is 4.85. The van der Waals surface area contributed by atoms with Crippen molar-refractivity contribution >= 4 is 17.1 Å². The minimum atomic E-state index is -1.00. The quantitative estimate of drug-likeness (QED) is 0.852. The third-order valence-electron chi connectivity index (χ3n) is 2.14. The van der Waals surface area contributed by atoms with Gasteiger partial charge in [0.2, 0.25) is 5.89 Å². The number of hydrogen-bond acceptors (Lipinski definition) is 4. The molecule has 0 saturated heterocycles. The summed E-state index contributed by atoms with van der Waals surface area (Å²) >= 11 is 0. The van der Waals surface area contributed by atoms with Crippen LogP contribution in [0.15, 0.2) is 28.7 Å². The molecule has 5 heteroatoms. The SMILES string of the molecule is CC(OCc1nc2ccccc2o1)C(=O)O. The summed E-state index contributed by atoms with van der Waals surface area (Å²) in [4.78, 5) is 14.7. The molecule has 1 atom stereocenters. The number of nitrogens with zero attached hydrogens (tertiary/aromatic N) is 1. The Labute approximate surface area is 91.7 Å². The third-order valence-corrected chi connectivity index (χ3v) is 2.14. The van der Waals surface area contributed by atoms with Gasteiger partial charge in [0.1, 0.15) is 12.1 Å². The van der Waals surface area contributed by atoms with Crippen LogP contribution in [-0.4, -0.2) is 22.2 Å². The number of aromatic nitrogens is 1. The van der Waals surface area contributed by atoms with Gasteiger partial charge in [-0.25, -0.2) is 9.78 Å². The maximum absolute atomic E-state index is 10.5. The smallest absolute Gasteiger partial charge is 0.332 e. The molecule has 0 aliphatic carbocycles. The van der Waals surface area contributed by atoms with Gasteiger partial charge in [-0.3, -0.25) is 0 Å². The first-order chi connectivity index (χ1) is 7.66. The van der Waals surface area contributed by atoms with Gasteiger partial charge in [-0.1, -0.05) is 12.1 Å². The molecule has 84 valence electrons. The lowest BCUT2D eigenvalue weighted by molar-refractivity contribution is -0.150. The third kappa shape index (κ3) is 2.20. The highest BCUT2D eigenvalue weighted by atomic mass is 16.5.